The third kappa shape index (κ3) is 3.64. The van der Waals surface area contributed by atoms with E-state index in [2.05, 4.69) is 4.98 Å². The minimum atomic E-state index is -0.230. The van der Waals surface area contributed by atoms with E-state index in [0.29, 0.717) is 35.7 Å². The summed E-state index contributed by atoms with van der Waals surface area (Å²) in [7, 11) is 0. The number of benzene rings is 1. The highest BCUT2D eigenvalue weighted by atomic mass is 19.1. The molecule has 1 fully saturated rings. The Bertz CT molecular complexity index is 690. The maximum absolute atomic E-state index is 12.6. The number of anilines is 1. The molecule has 0 radical (unpaired) electrons. The molecule has 2 aromatic rings. The summed E-state index contributed by atoms with van der Waals surface area (Å²) in [5.41, 5.74) is 2.01. The third-order valence-electron chi connectivity index (χ3n) is 4.12. The van der Waals surface area contributed by atoms with Gasteiger partial charge in [-0.05, 0) is 37.0 Å². The number of halogens is 1. The Labute approximate surface area is 134 Å². The topological polar surface area (TPSA) is 58.7 Å². The Kier molecular flexibility index (Phi) is 4.81. The first-order valence-electron chi connectivity index (χ1n) is 7.94. The predicted molar refractivity (Wildman–Crippen MR) is 86.4 cm³/mol. The minimum Gasteiger partial charge on any atom is -0.489 e. The van der Waals surface area contributed by atoms with Crippen LogP contribution in [0.15, 0.2) is 34.5 Å². The normalized spacial score (nSPS) is 17.0. The van der Waals surface area contributed by atoms with Crippen molar-refractivity contribution in [1.29, 1.82) is 0 Å². The van der Waals surface area contributed by atoms with Crippen molar-refractivity contribution in [3.63, 3.8) is 0 Å². The van der Waals surface area contributed by atoms with Gasteiger partial charge < -0.3 is 19.2 Å². The van der Waals surface area contributed by atoms with Gasteiger partial charge in [-0.25, -0.2) is 4.39 Å². The van der Waals surface area contributed by atoms with E-state index < -0.39 is 0 Å². The van der Waals surface area contributed by atoms with E-state index in [1.165, 1.54) is 0 Å². The largest absolute Gasteiger partial charge is 0.489 e. The Morgan fingerprint density at radius 2 is 2.26 bits per heavy atom. The van der Waals surface area contributed by atoms with Crippen LogP contribution in [0.2, 0.25) is 0 Å². The van der Waals surface area contributed by atoms with Crippen molar-refractivity contribution in [2.45, 2.75) is 32.3 Å². The number of oxazole rings is 1. The first kappa shape index (κ1) is 15.8. The third-order valence-corrected chi connectivity index (χ3v) is 4.12. The summed E-state index contributed by atoms with van der Waals surface area (Å²) >= 11 is 0. The highest BCUT2D eigenvalue weighted by Crippen LogP contribution is 2.27. The molecule has 0 unspecified atom stereocenters. The van der Waals surface area contributed by atoms with Crippen molar-refractivity contribution in [2.24, 2.45) is 0 Å². The van der Waals surface area contributed by atoms with Crippen molar-refractivity contribution in [3.05, 3.63) is 30.1 Å². The number of aliphatic hydroxyl groups is 1. The van der Waals surface area contributed by atoms with E-state index in [1.54, 1.807) is 12.1 Å². The summed E-state index contributed by atoms with van der Waals surface area (Å²) in [6.07, 6.45) is 2.43. The molecule has 0 spiro atoms. The Hall–Kier alpha value is -2.08. The SMILES string of the molecule is CC/C(=C/F)COc1ccc2nc(N3CCC(O)CC3)oc2c1. The maximum Gasteiger partial charge on any atom is 0.298 e. The van der Waals surface area contributed by atoms with Crippen molar-refractivity contribution in [1.82, 2.24) is 4.98 Å². The number of aromatic nitrogens is 1. The van der Waals surface area contributed by atoms with Crippen LogP contribution in [-0.4, -0.2) is 35.9 Å². The number of hydrogen-bond acceptors (Lipinski definition) is 5. The molecular formula is C17H21FN2O3. The van der Waals surface area contributed by atoms with E-state index in [-0.39, 0.29) is 12.7 Å². The molecule has 2 heterocycles. The van der Waals surface area contributed by atoms with Gasteiger partial charge in [-0.2, -0.15) is 4.98 Å². The summed E-state index contributed by atoms with van der Waals surface area (Å²) in [5, 5.41) is 9.57. The smallest absolute Gasteiger partial charge is 0.298 e. The zero-order valence-electron chi connectivity index (χ0n) is 13.2. The number of ether oxygens (including phenoxy) is 1. The molecule has 0 aliphatic carbocycles. The molecule has 1 aromatic heterocycles. The summed E-state index contributed by atoms with van der Waals surface area (Å²) in [6.45, 7) is 3.58. The van der Waals surface area contributed by atoms with Crippen LogP contribution >= 0.6 is 0 Å². The van der Waals surface area contributed by atoms with Crippen molar-refractivity contribution < 1.29 is 18.7 Å². The van der Waals surface area contributed by atoms with Gasteiger partial charge in [-0.3, -0.25) is 0 Å². The number of piperidine rings is 1. The average Bonchev–Trinajstić information content (AvgIpc) is 2.99. The molecule has 0 saturated carbocycles. The lowest BCUT2D eigenvalue weighted by Crippen LogP contribution is -2.35. The molecule has 1 aliphatic rings. The lowest BCUT2D eigenvalue weighted by Gasteiger charge is -2.27. The highest BCUT2D eigenvalue weighted by Gasteiger charge is 2.21. The summed E-state index contributed by atoms with van der Waals surface area (Å²) in [4.78, 5) is 6.52. The first-order valence-corrected chi connectivity index (χ1v) is 7.94. The fourth-order valence-corrected chi connectivity index (χ4v) is 2.56. The van der Waals surface area contributed by atoms with Crippen LogP contribution in [0.3, 0.4) is 0 Å². The van der Waals surface area contributed by atoms with E-state index in [4.69, 9.17) is 9.15 Å². The molecule has 23 heavy (non-hydrogen) atoms. The molecule has 0 atom stereocenters. The number of fused-ring (bicyclic) bond motifs is 1. The molecule has 1 aliphatic heterocycles. The molecule has 3 rings (SSSR count). The monoisotopic (exact) mass is 320 g/mol. The van der Waals surface area contributed by atoms with Crippen molar-refractivity contribution >= 4 is 17.1 Å². The van der Waals surface area contributed by atoms with Gasteiger partial charge in [-0.15, -0.1) is 0 Å². The lowest BCUT2D eigenvalue weighted by atomic mass is 10.1. The van der Waals surface area contributed by atoms with E-state index >= 15 is 0 Å². The molecule has 1 N–H and O–H groups in total. The summed E-state index contributed by atoms with van der Waals surface area (Å²) in [6, 6.07) is 5.99. The van der Waals surface area contributed by atoms with Crippen LogP contribution in [0.4, 0.5) is 10.4 Å². The number of aliphatic hydroxyl groups excluding tert-OH is 1. The van der Waals surface area contributed by atoms with Gasteiger partial charge in [-0.1, -0.05) is 6.92 Å². The predicted octanol–water partition coefficient (Wildman–Crippen LogP) is 3.43. The van der Waals surface area contributed by atoms with Crippen LogP contribution in [-0.2, 0) is 0 Å². The van der Waals surface area contributed by atoms with E-state index in [0.717, 1.165) is 31.4 Å². The number of rotatable bonds is 5. The molecule has 124 valence electrons. The van der Waals surface area contributed by atoms with E-state index in [1.807, 2.05) is 17.9 Å². The van der Waals surface area contributed by atoms with E-state index in [9.17, 15) is 9.50 Å². The molecule has 5 nitrogen and oxygen atoms in total. The number of nitrogens with zero attached hydrogens (tertiary/aromatic N) is 2. The van der Waals surface area contributed by atoms with Gasteiger partial charge in [0.15, 0.2) is 5.58 Å². The molecule has 1 aromatic carbocycles. The maximum atomic E-state index is 12.6. The zero-order valence-corrected chi connectivity index (χ0v) is 13.2. The van der Waals surface area contributed by atoms with Crippen molar-refractivity contribution in [2.75, 3.05) is 24.6 Å². The van der Waals surface area contributed by atoms with Gasteiger partial charge in [0.25, 0.3) is 6.01 Å². The fourth-order valence-electron chi connectivity index (χ4n) is 2.56. The van der Waals surface area contributed by atoms with Crippen molar-refractivity contribution in [3.8, 4) is 5.75 Å². The standard InChI is InChI=1S/C17H21FN2O3/c1-2-12(10-18)11-22-14-3-4-15-16(9-14)23-17(19-15)20-7-5-13(21)6-8-20/h3-4,9-10,13,21H,2,5-8,11H2,1H3/b12-10-. The molecule has 0 bridgehead atoms. The second-order valence-corrected chi connectivity index (χ2v) is 5.75. The Morgan fingerprint density at radius 1 is 1.48 bits per heavy atom. The van der Waals surface area contributed by atoms with Gasteiger partial charge in [0, 0.05) is 19.2 Å². The quantitative estimate of drug-likeness (QED) is 0.914. The fraction of sp³-hybridized carbons (Fsp3) is 0.471. The van der Waals surface area contributed by atoms with Gasteiger partial charge in [0.1, 0.15) is 17.9 Å². The van der Waals surface area contributed by atoms with Crippen LogP contribution in [0.5, 0.6) is 5.75 Å². The second-order valence-electron chi connectivity index (χ2n) is 5.75. The Morgan fingerprint density at radius 3 is 2.96 bits per heavy atom. The van der Waals surface area contributed by atoms with Gasteiger partial charge in [0.2, 0.25) is 0 Å². The summed E-state index contributed by atoms with van der Waals surface area (Å²) < 4.78 is 23.9. The average molecular weight is 320 g/mol. The summed E-state index contributed by atoms with van der Waals surface area (Å²) in [5.74, 6) is 0.627. The zero-order chi connectivity index (χ0) is 16.2. The number of hydrogen-bond donors (Lipinski definition) is 1. The van der Waals surface area contributed by atoms with Crippen LogP contribution in [0.25, 0.3) is 11.1 Å². The highest BCUT2D eigenvalue weighted by molar-refractivity contribution is 5.76. The van der Waals surface area contributed by atoms with Crippen LogP contribution < -0.4 is 9.64 Å². The molecule has 1 saturated heterocycles. The molecular weight excluding hydrogens is 299 g/mol. The second kappa shape index (κ2) is 7.00. The molecule has 0 amide bonds. The van der Waals surface area contributed by atoms with Crippen LogP contribution in [0, 0.1) is 0 Å². The Balaban J connectivity index is 1.73. The minimum absolute atomic E-state index is 0.226. The van der Waals surface area contributed by atoms with Gasteiger partial charge >= 0.3 is 0 Å². The molecule has 6 heteroatoms. The lowest BCUT2D eigenvalue weighted by molar-refractivity contribution is 0.144. The first-order chi connectivity index (χ1) is 11.2. The van der Waals surface area contributed by atoms with Crippen LogP contribution in [0.1, 0.15) is 26.2 Å². The van der Waals surface area contributed by atoms with Gasteiger partial charge in [0.05, 0.1) is 12.4 Å².